The number of carbonyl (C=O) groups excluding carboxylic acids is 1. The van der Waals surface area contributed by atoms with Crippen molar-refractivity contribution in [2.75, 3.05) is 19.8 Å². The van der Waals surface area contributed by atoms with Gasteiger partial charge in [-0.25, -0.2) is 22.4 Å². The number of ether oxygens (including phenoxy) is 2. The average molecular weight is 347 g/mol. The lowest BCUT2D eigenvalue weighted by molar-refractivity contribution is -0.137. The van der Waals surface area contributed by atoms with Gasteiger partial charge in [-0.15, -0.1) is 0 Å². The van der Waals surface area contributed by atoms with Gasteiger partial charge >= 0.3 is 5.97 Å². The molecule has 1 aromatic carbocycles. The predicted molar refractivity (Wildman–Crippen MR) is 75.6 cm³/mol. The third kappa shape index (κ3) is 3.56. The summed E-state index contributed by atoms with van der Waals surface area (Å²) < 4.78 is 63.0. The van der Waals surface area contributed by atoms with Crippen LogP contribution in [0, 0.1) is 23.3 Å². The number of benzene rings is 1. The third-order valence-electron chi connectivity index (χ3n) is 3.14. The van der Waals surface area contributed by atoms with Gasteiger partial charge in [-0.05, 0) is 13.0 Å². The number of hydrogen-bond acceptors (Lipinski definition) is 5. The van der Waals surface area contributed by atoms with Crippen LogP contribution in [0.4, 0.5) is 17.6 Å². The molecule has 0 saturated carbocycles. The van der Waals surface area contributed by atoms with E-state index in [0.717, 1.165) is 6.21 Å². The second-order valence-corrected chi connectivity index (χ2v) is 4.80. The lowest BCUT2D eigenvalue weighted by Crippen LogP contribution is -2.31. The summed E-state index contributed by atoms with van der Waals surface area (Å²) in [6, 6.07) is -0.0310. The monoisotopic (exact) mass is 347 g/mol. The Morgan fingerprint density at radius 3 is 2.54 bits per heavy atom. The van der Waals surface area contributed by atoms with Crippen molar-refractivity contribution in [3.8, 4) is 0 Å². The summed E-state index contributed by atoms with van der Waals surface area (Å²) in [6.45, 7) is 2.01. The van der Waals surface area contributed by atoms with Gasteiger partial charge in [-0.2, -0.15) is 0 Å². The Bertz CT molecular complexity index is 714. The van der Waals surface area contributed by atoms with E-state index in [2.05, 4.69) is 4.99 Å². The molecule has 0 unspecified atom stereocenters. The second-order valence-electron chi connectivity index (χ2n) is 4.80. The maximum absolute atomic E-state index is 13.8. The summed E-state index contributed by atoms with van der Waals surface area (Å²) in [5, 5.41) is 10.1. The van der Waals surface area contributed by atoms with Gasteiger partial charge in [0.25, 0.3) is 0 Å². The zero-order valence-corrected chi connectivity index (χ0v) is 12.5. The predicted octanol–water partition coefficient (Wildman–Crippen LogP) is 2.54. The molecule has 1 aliphatic rings. The van der Waals surface area contributed by atoms with Gasteiger partial charge < -0.3 is 14.6 Å². The first-order valence-corrected chi connectivity index (χ1v) is 6.91. The standard InChI is InChI=1S/C15H13F4NO4/c1-2-24-15(22)9(4-20-7-5-23-6-7)14(21)8-3-10(16)12(18)13(19)11(8)17/h3-4,7,21H,2,5-6H2,1H3/b14-9-,20-4?. The van der Waals surface area contributed by atoms with Crippen LogP contribution in [0.3, 0.4) is 0 Å². The molecule has 0 aliphatic carbocycles. The van der Waals surface area contributed by atoms with Crippen molar-refractivity contribution >= 4 is 17.9 Å². The van der Waals surface area contributed by atoms with E-state index in [1.807, 2.05) is 0 Å². The van der Waals surface area contributed by atoms with Gasteiger partial charge in [0, 0.05) is 6.21 Å². The van der Waals surface area contributed by atoms with Crippen LogP contribution < -0.4 is 0 Å². The molecular formula is C15H13F4NO4. The molecular weight excluding hydrogens is 334 g/mol. The topological polar surface area (TPSA) is 68.1 Å². The second kappa shape index (κ2) is 7.43. The molecule has 0 amide bonds. The number of aliphatic hydroxyl groups is 1. The number of carbonyl (C=O) groups is 1. The Labute approximate surface area is 134 Å². The zero-order valence-electron chi connectivity index (χ0n) is 12.5. The minimum absolute atomic E-state index is 0.0649. The molecule has 5 nitrogen and oxygen atoms in total. The van der Waals surface area contributed by atoms with E-state index in [1.165, 1.54) is 6.92 Å². The largest absolute Gasteiger partial charge is 0.506 e. The molecule has 0 aromatic heterocycles. The van der Waals surface area contributed by atoms with E-state index in [9.17, 15) is 27.5 Å². The van der Waals surface area contributed by atoms with Crippen molar-refractivity contribution < 1.29 is 36.9 Å². The Hall–Kier alpha value is -2.42. The molecule has 1 fully saturated rings. The van der Waals surface area contributed by atoms with Crippen LogP contribution in [-0.4, -0.2) is 43.2 Å². The van der Waals surface area contributed by atoms with Gasteiger partial charge in [0.2, 0.25) is 0 Å². The fourth-order valence-corrected chi connectivity index (χ4v) is 1.80. The van der Waals surface area contributed by atoms with Gasteiger partial charge in [-0.1, -0.05) is 0 Å². The minimum Gasteiger partial charge on any atom is -0.506 e. The summed E-state index contributed by atoms with van der Waals surface area (Å²) in [7, 11) is 0. The highest BCUT2D eigenvalue weighted by Crippen LogP contribution is 2.25. The van der Waals surface area contributed by atoms with Gasteiger partial charge in [-0.3, -0.25) is 4.99 Å². The fourth-order valence-electron chi connectivity index (χ4n) is 1.80. The highest BCUT2D eigenvalue weighted by molar-refractivity contribution is 6.15. The summed E-state index contributed by atoms with van der Waals surface area (Å²) in [4.78, 5) is 15.8. The van der Waals surface area contributed by atoms with Crippen LogP contribution in [0.5, 0.6) is 0 Å². The summed E-state index contributed by atoms with van der Waals surface area (Å²) in [5.41, 5.74) is -1.64. The van der Waals surface area contributed by atoms with Gasteiger partial charge in [0.15, 0.2) is 23.3 Å². The SMILES string of the molecule is CCOC(=O)/C(C=NC1COC1)=C(\O)c1cc(F)c(F)c(F)c1F. The Kier molecular flexibility index (Phi) is 5.55. The number of rotatable bonds is 5. The minimum atomic E-state index is -2.11. The Morgan fingerprint density at radius 2 is 2.00 bits per heavy atom. The average Bonchev–Trinajstić information content (AvgIpc) is 2.50. The molecule has 1 aliphatic heterocycles. The van der Waals surface area contributed by atoms with E-state index < -0.39 is 46.1 Å². The van der Waals surface area contributed by atoms with Gasteiger partial charge in [0.1, 0.15) is 11.3 Å². The Morgan fingerprint density at radius 1 is 1.33 bits per heavy atom. The molecule has 24 heavy (non-hydrogen) atoms. The first-order valence-electron chi connectivity index (χ1n) is 6.91. The number of hydrogen-bond donors (Lipinski definition) is 1. The molecule has 9 heteroatoms. The molecule has 0 radical (unpaired) electrons. The highest BCUT2D eigenvalue weighted by Gasteiger charge is 2.25. The maximum Gasteiger partial charge on any atom is 0.343 e. The number of nitrogens with zero attached hydrogens (tertiary/aromatic N) is 1. The first-order chi connectivity index (χ1) is 11.4. The van der Waals surface area contributed by atoms with Gasteiger partial charge in [0.05, 0.1) is 31.4 Å². The van der Waals surface area contributed by atoms with Crippen LogP contribution in [0.1, 0.15) is 12.5 Å². The summed E-state index contributed by atoms with van der Waals surface area (Å²) >= 11 is 0. The summed E-state index contributed by atoms with van der Waals surface area (Å²) in [6.07, 6.45) is 0.902. The van der Waals surface area contributed by atoms with Crippen LogP contribution in [0.15, 0.2) is 16.6 Å². The number of halogens is 4. The van der Waals surface area contributed by atoms with Crippen molar-refractivity contribution in [1.82, 2.24) is 0 Å². The van der Waals surface area contributed by atoms with Crippen LogP contribution >= 0.6 is 0 Å². The van der Waals surface area contributed by atoms with E-state index in [0.29, 0.717) is 13.2 Å². The lowest BCUT2D eigenvalue weighted by Gasteiger charge is -2.21. The van der Waals surface area contributed by atoms with Crippen molar-refractivity contribution in [3.63, 3.8) is 0 Å². The normalized spacial score (nSPS) is 16.0. The fraction of sp³-hybridized carbons (Fsp3) is 0.333. The molecule has 1 heterocycles. The van der Waals surface area contributed by atoms with Crippen LogP contribution in [0.25, 0.3) is 5.76 Å². The molecule has 1 N–H and O–H groups in total. The first kappa shape index (κ1) is 17.9. The van der Waals surface area contributed by atoms with E-state index in [4.69, 9.17) is 9.47 Å². The number of esters is 1. The van der Waals surface area contributed by atoms with E-state index in [-0.39, 0.29) is 18.7 Å². The van der Waals surface area contributed by atoms with Crippen molar-refractivity contribution in [1.29, 1.82) is 0 Å². The number of aliphatic hydroxyl groups excluding tert-OH is 1. The molecule has 0 bridgehead atoms. The molecule has 0 spiro atoms. The quantitative estimate of drug-likeness (QED) is 0.169. The zero-order chi connectivity index (χ0) is 17.9. The third-order valence-corrected chi connectivity index (χ3v) is 3.14. The molecule has 1 aromatic rings. The number of aliphatic imine (C=N–C) groups is 1. The van der Waals surface area contributed by atoms with Crippen LogP contribution in [0.2, 0.25) is 0 Å². The smallest absolute Gasteiger partial charge is 0.343 e. The van der Waals surface area contributed by atoms with Crippen LogP contribution in [-0.2, 0) is 14.3 Å². The lowest BCUT2D eigenvalue weighted by atomic mass is 10.1. The van der Waals surface area contributed by atoms with E-state index >= 15 is 0 Å². The molecule has 2 rings (SSSR count). The van der Waals surface area contributed by atoms with Crippen molar-refractivity contribution in [3.05, 3.63) is 40.5 Å². The Balaban J connectivity index is 2.52. The summed E-state index contributed by atoms with van der Waals surface area (Å²) in [5.74, 6) is -9.89. The van der Waals surface area contributed by atoms with Crippen molar-refractivity contribution in [2.45, 2.75) is 13.0 Å². The molecule has 130 valence electrons. The highest BCUT2D eigenvalue weighted by atomic mass is 19.2. The molecule has 0 atom stereocenters. The maximum atomic E-state index is 13.8. The molecule has 1 saturated heterocycles. The van der Waals surface area contributed by atoms with Crippen molar-refractivity contribution in [2.24, 2.45) is 4.99 Å². The van der Waals surface area contributed by atoms with E-state index in [1.54, 1.807) is 0 Å².